The molecule has 176 valence electrons. The van der Waals surface area contributed by atoms with Gasteiger partial charge in [-0.15, -0.1) is 0 Å². The molecule has 0 amide bonds. The number of para-hydroxylation sites is 1. The molecule has 0 unspecified atom stereocenters. The zero-order valence-corrected chi connectivity index (χ0v) is 19.1. The molecule has 0 radical (unpaired) electrons. The van der Waals surface area contributed by atoms with Crippen molar-refractivity contribution in [2.24, 2.45) is 5.92 Å². The monoisotopic (exact) mass is 459 g/mol. The largest absolute Gasteiger partial charge is 0.477 e. The minimum Gasteiger partial charge on any atom is -0.477 e. The van der Waals surface area contributed by atoms with Crippen LogP contribution in [-0.4, -0.2) is 64.1 Å². The Kier molecular flexibility index (Phi) is 5.76. The van der Waals surface area contributed by atoms with Crippen molar-refractivity contribution in [3.05, 3.63) is 60.4 Å². The summed E-state index contributed by atoms with van der Waals surface area (Å²) >= 11 is 0. The van der Waals surface area contributed by atoms with Crippen molar-refractivity contribution >= 4 is 22.6 Å². The highest BCUT2D eigenvalue weighted by molar-refractivity contribution is 5.88. The summed E-state index contributed by atoms with van der Waals surface area (Å²) in [6, 6.07) is 14.6. The van der Waals surface area contributed by atoms with Crippen LogP contribution in [-0.2, 0) is 6.54 Å². The number of hydrogen-bond donors (Lipinski definition) is 2. The molecular formula is C25H29N7O2. The van der Waals surface area contributed by atoms with E-state index in [9.17, 15) is 0 Å². The van der Waals surface area contributed by atoms with Gasteiger partial charge in [-0.25, -0.2) is 4.98 Å². The third-order valence-corrected chi connectivity index (χ3v) is 6.90. The second kappa shape index (κ2) is 9.34. The van der Waals surface area contributed by atoms with E-state index in [1.54, 1.807) is 6.20 Å². The van der Waals surface area contributed by atoms with Crippen LogP contribution in [0.4, 0.5) is 11.6 Å². The lowest BCUT2D eigenvalue weighted by molar-refractivity contribution is 0.0717. The summed E-state index contributed by atoms with van der Waals surface area (Å²) in [6.45, 7) is 5.47. The van der Waals surface area contributed by atoms with Crippen molar-refractivity contribution in [2.75, 3.05) is 43.0 Å². The van der Waals surface area contributed by atoms with Gasteiger partial charge in [0.1, 0.15) is 5.82 Å². The fraction of sp³-hybridized carbons (Fsp3) is 0.400. The summed E-state index contributed by atoms with van der Waals surface area (Å²) in [5, 5.41) is 15.6. The lowest BCUT2D eigenvalue weighted by Crippen LogP contribution is -2.57. The Morgan fingerprint density at radius 2 is 2.06 bits per heavy atom. The number of aromatic amines is 1. The Labute approximate surface area is 198 Å². The number of hydrogen-bond acceptors (Lipinski definition) is 8. The Balaban J connectivity index is 0.987. The van der Waals surface area contributed by atoms with Crippen LogP contribution in [0.2, 0.25) is 0 Å². The maximum atomic E-state index is 6.05. The number of rotatable bonds is 7. The molecule has 3 aromatic heterocycles. The molecule has 2 atom stereocenters. The highest BCUT2D eigenvalue weighted by atomic mass is 16.5. The smallest absolute Gasteiger partial charge is 0.213 e. The molecule has 4 aromatic rings. The molecule has 0 spiro atoms. The average molecular weight is 460 g/mol. The topological polar surface area (TPSA) is 95.3 Å². The summed E-state index contributed by atoms with van der Waals surface area (Å²) < 4.78 is 11.6. The normalized spacial score (nSPS) is 20.9. The highest BCUT2D eigenvalue weighted by Gasteiger charge is 2.34. The van der Waals surface area contributed by atoms with E-state index in [1.165, 1.54) is 12.8 Å². The number of ether oxygens (including phenoxy) is 1. The van der Waals surface area contributed by atoms with E-state index in [4.69, 9.17) is 9.26 Å². The van der Waals surface area contributed by atoms with Crippen LogP contribution in [0, 0.1) is 5.92 Å². The summed E-state index contributed by atoms with van der Waals surface area (Å²) in [6.07, 6.45) is 5.99. The third kappa shape index (κ3) is 4.43. The Morgan fingerprint density at radius 1 is 1.09 bits per heavy atom. The van der Waals surface area contributed by atoms with E-state index < -0.39 is 0 Å². The molecule has 0 aliphatic carbocycles. The van der Waals surface area contributed by atoms with Gasteiger partial charge in [-0.05, 0) is 36.6 Å². The maximum absolute atomic E-state index is 6.05. The molecule has 2 N–H and O–H groups in total. The predicted molar refractivity (Wildman–Crippen MR) is 130 cm³/mol. The van der Waals surface area contributed by atoms with Gasteiger partial charge < -0.3 is 19.5 Å². The van der Waals surface area contributed by atoms with E-state index in [0.29, 0.717) is 31.0 Å². The molecule has 2 aliphatic rings. The quantitative estimate of drug-likeness (QED) is 0.433. The second-order valence-corrected chi connectivity index (χ2v) is 9.17. The van der Waals surface area contributed by atoms with Crippen molar-refractivity contribution in [2.45, 2.75) is 25.4 Å². The van der Waals surface area contributed by atoms with Crippen molar-refractivity contribution in [3.63, 3.8) is 0 Å². The first-order valence-electron chi connectivity index (χ1n) is 12.0. The standard InChI is InChI=1S/C25H29N7O2/c1-2-4-22-21(3-1)25(30-34-22)32-12-11-31-15-19(5-7-20(31)16-32)17-33-24-8-6-18(14-27-24)13-26-23-9-10-28-29-23/h1-4,6,8-10,14,19-20H,5,7,11-13,15-17H2,(H2,26,28,29)/t19-,20+/m1/s1. The summed E-state index contributed by atoms with van der Waals surface area (Å²) in [5.74, 6) is 3.02. The number of benzene rings is 1. The maximum Gasteiger partial charge on any atom is 0.213 e. The Morgan fingerprint density at radius 3 is 2.94 bits per heavy atom. The molecule has 2 aliphatic heterocycles. The molecule has 0 saturated carbocycles. The lowest BCUT2D eigenvalue weighted by Gasteiger charge is -2.46. The van der Waals surface area contributed by atoms with Gasteiger partial charge >= 0.3 is 0 Å². The van der Waals surface area contributed by atoms with E-state index in [-0.39, 0.29) is 0 Å². The van der Waals surface area contributed by atoms with Gasteiger partial charge in [0.25, 0.3) is 0 Å². The number of piperazine rings is 1. The molecular weight excluding hydrogens is 430 g/mol. The van der Waals surface area contributed by atoms with Crippen LogP contribution in [0.15, 0.2) is 59.4 Å². The zero-order chi connectivity index (χ0) is 22.7. The van der Waals surface area contributed by atoms with E-state index in [2.05, 4.69) is 41.5 Å². The number of aromatic nitrogens is 4. The Bertz CT molecular complexity index is 1210. The Hall–Kier alpha value is -3.59. The first-order valence-corrected chi connectivity index (χ1v) is 12.0. The van der Waals surface area contributed by atoms with Gasteiger partial charge in [0.2, 0.25) is 5.88 Å². The first kappa shape index (κ1) is 21.0. The minimum atomic E-state index is 0.526. The summed E-state index contributed by atoms with van der Waals surface area (Å²) in [7, 11) is 0. The van der Waals surface area contributed by atoms with Gasteiger partial charge in [0.05, 0.1) is 12.0 Å². The van der Waals surface area contributed by atoms with Crippen molar-refractivity contribution in [1.29, 1.82) is 0 Å². The molecule has 9 nitrogen and oxygen atoms in total. The van der Waals surface area contributed by atoms with Crippen molar-refractivity contribution in [1.82, 2.24) is 25.2 Å². The molecule has 2 saturated heterocycles. The summed E-state index contributed by atoms with van der Waals surface area (Å²) in [4.78, 5) is 9.49. The van der Waals surface area contributed by atoms with Gasteiger partial charge in [-0.2, -0.15) is 5.10 Å². The number of nitrogens with one attached hydrogen (secondary N) is 2. The van der Waals surface area contributed by atoms with Crippen LogP contribution in [0.1, 0.15) is 18.4 Å². The zero-order valence-electron chi connectivity index (χ0n) is 19.1. The molecule has 9 heteroatoms. The second-order valence-electron chi connectivity index (χ2n) is 9.17. The van der Waals surface area contributed by atoms with Gasteiger partial charge in [0.15, 0.2) is 11.4 Å². The number of fused-ring (bicyclic) bond motifs is 2. The number of H-pyrrole nitrogens is 1. The number of pyridine rings is 1. The lowest BCUT2D eigenvalue weighted by atomic mass is 9.91. The van der Waals surface area contributed by atoms with E-state index in [1.807, 2.05) is 42.6 Å². The van der Waals surface area contributed by atoms with Crippen LogP contribution in [0.5, 0.6) is 5.88 Å². The van der Waals surface area contributed by atoms with Gasteiger partial charge in [0, 0.05) is 63.1 Å². The van der Waals surface area contributed by atoms with Crippen LogP contribution < -0.4 is 15.0 Å². The van der Waals surface area contributed by atoms with Crippen LogP contribution >= 0.6 is 0 Å². The summed E-state index contributed by atoms with van der Waals surface area (Å²) in [5.41, 5.74) is 1.95. The molecule has 1 aromatic carbocycles. The highest BCUT2D eigenvalue weighted by Crippen LogP contribution is 2.31. The number of anilines is 2. The molecule has 0 bridgehead atoms. The van der Waals surface area contributed by atoms with Crippen LogP contribution in [0.25, 0.3) is 11.0 Å². The van der Waals surface area contributed by atoms with Crippen molar-refractivity contribution < 1.29 is 9.26 Å². The molecule has 34 heavy (non-hydrogen) atoms. The van der Waals surface area contributed by atoms with Gasteiger partial charge in [-0.1, -0.05) is 23.4 Å². The number of piperidine rings is 1. The van der Waals surface area contributed by atoms with Crippen LogP contribution in [0.3, 0.4) is 0 Å². The van der Waals surface area contributed by atoms with E-state index >= 15 is 0 Å². The van der Waals surface area contributed by atoms with Crippen molar-refractivity contribution in [3.8, 4) is 5.88 Å². The molecule has 5 heterocycles. The molecule has 6 rings (SSSR count). The number of nitrogens with zero attached hydrogens (tertiary/aromatic N) is 5. The minimum absolute atomic E-state index is 0.526. The van der Waals surface area contributed by atoms with E-state index in [0.717, 1.165) is 54.3 Å². The first-order chi connectivity index (χ1) is 16.8. The SMILES string of the molecule is c1ccc2c(N3CCN4C[C@H](COc5ccc(CNc6cc[nH]n6)cn5)CC[C@H]4C3)noc2c1. The predicted octanol–water partition coefficient (Wildman–Crippen LogP) is 3.54. The fourth-order valence-electron chi connectivity index (χ4n) is 5.04. The molecule has 2 fully saturated rings. The average Bonchev–Trinajstić information content (AvgIpc) is 3.57. The van der Waals surface area contributed by atoms with Gasteiger partial charge in [-0.3, -0.25) is 10.00 Å². The third-order valence-electron chi connectivity index (χ3n) is 6.90. The fourth-order valence-corrected chi connectivity index (χ4v) is 5.04.